The van der Waals surface area contributed by atoms with Crippen molar-refractivity contribution in [2.24, 2.45) is 0 Å². The molecule has 2 aromatic carbocycles. The fourth-order valence-corrected chi connectivity index (χ4v) is 4.04. The van der Waals surface area contributed by atoms with Crippen LogP contribution < -0.4 is 15.8 Å². The van der Waals surface area contributed by atoms with Crippen LogP contribution in [0.3, 0.4) is 0 Å². The molecule has 1 aromatic heterocycles. The minimum atomic E-state index is -4.73. The third-order valence-corrected chi connectivity index (χ3v) is 5.84. The summed E-state index contributed by atoms with van der Waals surface area (Å²) in [6.45, 7) is 0. The summed E-state index contributed by atoms with van der Waals surface area (Å²) in [5.41, 5.74) is 3.96. The SMILES string of the molecule is N=C(c1ccc(Oc2ccccc2)cc1)c1c(N)ncnc1NC1CCCC(O)(C(F)(F)F)C1. The zero-order valence-electron chi connectivity index (χ0n) is 18.1. The van der Waals surface area contributed by atoms with Crippen LogP contribution in [0.2, 0.25) is 0 Å². The standard InChI is InChI=1S/C24H24F3N5O2/c25-24(26,27)23(33)12-4-5-16(13-23)32-22-19(21(29)30-14-31-22)20(28)15-8-10-18(11-9-15)34-17-6-2-1-3-7-17/h1-3,6-11,14,16,28,33H,4-5,12-13H2,(H3,29,30,31,32). The number of anilines is 2. The Bertz CT molecular complexity index is 1160. The van der Waals surface area contributed by atoms with E-state index in [9.17, 15) is 18.3 Å². The largest absolute Gasteiger partial charge is 0.457 e. The van der Waals surface area contributed by atoms with Crippen LogP contribution in [0.1, 0.15) is 36.8 Å². The highest BCUT2D eigenvalue weighted by Crippen LogP contribution is 2.42. The highest BCUT2D eigenvalue weighted by atomic mass is 19.4. The molecule has 0 bridgehead atoms. The molecule has 1 heterocycles. The number of aliphatic hydroxyl groups is 1. The van der Waals surface area contributed by atoms with Crippen molar-refractivity contribution >= 4 is 17.3 Å². The maximum absolute atomic E-state index is 13.3. The number of ether oxygens (including phenoxy) is 1. The van der Waals surface area contributed by atoms with Gasteiger partial charge in [0, 0.05) is 18.0 Å². The Hall–Kier alpha value is -3.66. The molecule has 0 amide bonds. The highest BCUT2D eigenvalue weighted by molar-refractivity contribution is 6.16. The molecule has 1 aliphatic carbocycles. The van der Waals surface area contributed by atoms with Gasteiger partial charge in [0.15, 0.2) is 5.60 Å². The number of nitrogen functional groups attached to an aromatic ring is 1. The molecule has 4 rings (SSSR count). The minimum Gasteiger partial charge on any atom is -0.457 e. The zero-order chi connectivity index (χ0) is 24.3. The fourth-order valence-electron chi connectivity index (χ4n) is 4.04. The van der Waals surface area contributed by atoms with E-state index >= 15 is 0 Å². The quantitative estimate of drug-likeness (QED) is 0.379. The van der Waals surface area contributed by atoms with E-state index in [1.54, 1.807) is 24.3 Å². The Morgan fingerprint density at radius 3 is 2.44 bits per heavy atom. The van der Waals surface area contributed by atoms with Crippen molar-refractivity contribution in [3.8, 4) is 11.5 Å². The molecule has 0 spiro atoms. The number of alkyl halides is 3. The first-order valence-electron chi connectivity index (χ1n) is 10.7. The fraction of sp³-hybridized carbons (Fsp3) is 0.292. The van der Waals surface area contributed by atoms with Gasteiger partial charge in [-0.3, -0.25) is 5.41 Å². The van der Waals surface area contributed by atoms with Crippen molar-refractivity contribution < 1.29 is 23.0 Å². The van der Waals surface area contributed by atoms with E-state index in [0.717, 1.165) is 0 Å². The van der Waals surface area contributed by atoms with E-state index in [1.807, 2.05) is 30.3 Å². The van der Waals surface area contributed by atoms with Crippen molar-refractivity contribution in [2.75, 3.05) is 11.1 Å². The molecule has 178 valence electrons. The molecule has 7 nitrogen and oxygen atoms in total. The van der Waals surface area contributed by atoms with E-state index < -0.39 is 24.2 Å². The van der Waals surface area contributed by atoms with Crippen LogP contribution in [-0.2, 0) is 0 Å². The van der Waals surface area contributed by atoms with E-state index in [1.165, 1.54) is 6.33 Å². The van der Waals surface area contributed by atoms with Gasteiger partial charge in [0.05, 0.1) is 11.3 Å². The van der Waals surface area contributed by atoms with E-state index in [2.05, 4.69) is 15.3 Å². The number of para-hydroxylation sites is 1. The second kappa shape index (κ2) is 9.30. The van der Waals surface area contributed by atoms with Crippen LogP contribution in [-0.4, -0.2) is 38.6 Å². The molecule has 10 heteroatoms. The second-order valence-electron chi connectivity index (χ2n) is 8.26. The van der Waals surface area contributed by atoms with Gasteiger partial charge in [-0.2, -0.15) is 13.2 Å². The van der Waals surface area contributed by atoms with Gasteiger partial charge >= 0.3 is 6.18 Å². The van der Waals surface area contributed by atoms with Crippen LogP contribution >= 0.6 is 0 Å². The summed E-state index contributed by atoms with van der Waals surface area (Å²) in [6.07, 6.45) is -3.79. The van der Waals surface area contributed by atoms with Gasteiger partial charge < -0.3 is 20.9 Å². The molecule has 0 saturated heterocycles. The average molecular weight is 471 g/mol. The maximum atomic E-state index is 13.3. The lowest BCUT2D eigenvalue weighted by Gasteiger charge is -2.38. The van der Waals surface area contributed by atoms with Gasteiger partial charge in [0.1, 0.15) is 29.5 Å². The Kier molecular flexibility index (Phi) is 6.43. The van der Waals surface area contributed by atoms with Gasteiger partial charge in [0.2, 0.25) is 0 Å². The molecule has 3 aromatic rings. The molecular formula is C24H24F3N5O2. The summed E-state index contributed by atoms with van der Waals surface area (Å²) in [7, 11) is 0. The normalized spacial score (nSPS) is 20.5. The van der Waals surface area contributed by atoms with Gasteiger partial charge in [-0.15, -0.1) is 0 Å². The van der Waals surface area contributed by atoms with Crippen LogP contribution in [0, 0.1) is 5.41 Å². The first-order chi connectivity index (χ1) is 16.2. The smallest absolute Gasteiger partial charge is 0.417 e. The zero-order valence-corrected chi connectivity index (χ0v) is 18.1. The predicted molar refractivity (Wildman–Crippen MR) is 122 cm³/mol. The van der Waals surface area contributed by atoms with Crippen molar-refractivity contribution in [3.05, 3.63) is 72.1 Å². The van der Waals surface area contributed by atoms with Gasteiger partial charge in [-0.1, -0.05) is 18.2 Å². The number of hydrogen-bond donors (Lipinski definition) is 4. The summed E-state index contributed by atoms with van der Waals surface area (Å²) >= 11 is 0. The monoisotopic (exact) mass is 471 g/mol. The molecule has 5 N–H and O–H groups in total. The molecule has 1 aliphatic rings. The molecule has 0 aliphatic heterocycles. The molecule has 0 radical (unpaired) electrons. The third kappa shape index (κ3) is 4.96. The Morgan fingerprint density at radius 2 is 1.76 bits per heavy atom. The number of nitrogens with one attached hydrogen (secondary N) is 2. The molecule has 2 unspecified atom stereocenters. The number of benzene rings is 2. The molecule has 1 saturated carbocycles. The summed E-state index contributed by atoms with van der Waals surface area (Å²) in [5, 5.41) is 21.7. The number of nitrogens with zero attached hydrogens (tertiary/aromatic N) is 2. The topological polar surface area (TPSA) is 117 Å². The molecule has 1 fully saturated rings. The predicted octanol–water partition coefficient (Wildman–Crippen LogP) is 4.92. The summed E-state index contributed by atoms with van der Waals surface area (Å²) in [6, 6.07) is 15.3. The summed E-state index contributed by atoms with van der Waals surface area (Å²) in [5.74, 6) is 1.42. The van der Waals surface area contributed by atoms with Crippen LogP contribution in [0.4, 0.5) is 24.8 Å². The van der Waals surface area contributed by atoms with E-state index in [4.69, 9.17) is 15.9 Å². The summed E-state index contributed by atoms with van der Waals surface area (Å²) in [4.78, 5) is 8.09. The number of aromatic nitrogens is 2. The van der Waals surface area contributed by atoms with Gasteiger partial charge in [-0.05, 0) is 55.7 Å². The Labute approximate surface area is 194 Å². The van der Waals surface area contributed by atoms with Crippen LogP contribution in [0.25, 0.3) is 0 Å². The summed E-state index contributed by atoms with van der Waals surface area (Å²) < 4.78 is 45.8. The number of halogens is 3. The molecule has 34 heavy (non-hydrogen) atoms. The minimum absolute atomic E-state index is 0.00811. The Balaban J connectivity index is 1.54. The first-order valence-corrected chi connectivity index (χ1v) is 10.7. The van der Waals surface area contributed by atoms with Crippen molar-refractivity contribution in [1.29, 1.82) is 5.41 Å². The highest BCUT2D eigenvalue weighted by Gasteiger charge is 2.55. The lowest BCUT2D eigenvalue weighted by molar-refractivity contribution is -0.270. The van der Waals surface area contributed by atoms with Crippen molar-refractivity contribution in [3.63, 3.8) is 0 Å². The molecule has 2 atom stereocenters. The number of rotatable bonds is 6. The van der Waals surface area contributed by atoms with Crippen LogP contribution in [0.5, 0.6) is 11.5 Å². The van der Waals surface area contributed by atoms with E-state index in [0.29, 0.717) is 23.5 Å². The Morgan fingerprint density at radius 1 is 1.09 bits per heavy atom. The van der Waals surface area contributed by atoms with Crippen molar-refractivity contribution in [1.82, 2.24) is 9.97 Å². The number of nitrogens with two attached hydrogens (primary N) is 1. The molecular weight excluding hydrogens is 447 g/mol. The average Bonchev–Trinajstić information content (AvgIpc) is 2.79. The second-order valence-corrected chi connectivity index (χ2v) is 8.26. The lowest BCUT2D eigenvalue weighted by Crippen LogP contribution is -2.51. The van der Waals surface area contributed by atoms with E-state index in [-0.39, 0.29) is 35.8 Å². The maximum Gasteiger partial charge on any atom is 0.417 e. The third-order valence-electron chi connectivity index (χ3n) is 5.84. The van der Waals surface area contributed by atoms with Gasteiger partial charge in [-0.25, -0.2) is 9.97 Å². The first kappa shape index (κ1) is 23.5. The van der Waals surface area contributed by atoms with Crippen LogP contribution in [0.15, 0.2) is 60.9 Å². The van der Waals surface area contributed by atoms with Crippen molar-refractivity contribution in [2.45, 2.75) is 43.5 Å². The lowest BCUT2D eigenvalue weighted by atomic mass is 9.81. The number of hydrogen-bond acceptors (Lipinski definition) is 7. The van der Waals surface area contributed by atoms with Gasteiger partial charge in [0.25, 0.3) is 0 Å².